The van der Waals surface area contributed by atoms with E-state index in [1.54, 1.807) is 18.2 Å². The molecule has 0 aromatic heterocycles. The van der Waals surface area contributed by atoms with Crippen LogP contribution in [0, 0.1) is 12.3 Å². The minimum atomic E-state index is -3.54. The third kappa shape index (κ3) is 2.61. The van der Waals surface area contributed by atoms with E-state index < -0.39 is 16.1 Å². The van der Waals surface area contributed by atoms with Crippen molar-refractivity contribution in [2.45, 2.75) is 43.2 Å². The molecule has 0 radical (unpaired) electrons. The highest BCUT2D eigenvalue weighted by Gasteiger charge is 2.55. The Morgan fingerprint density at radius 2 is 2.05 bits per heavy atom. The van der Waals surface area contributed by atoms with Gasteiger partial charge in [-0.3, -0.25) is 0 Å². The van der Waals surface area contributed by atoms with Crippen LogP contribution in [0.1, 0.15) is 24.8 Å². The number of benzene rings is 1. The molecule has 1 aliphatic carbocycles. The van der Waals surface area contributed by atoms with Gasteiger partial charge in [-0.2, -0.15) is 0 Å². The Labute approximate surface area is 125 Å². The lowest BCUT2D eigenvalue weighted by Gasteiger charge is -2.55. The number of hydrogen-bond acceptors (Lipinski definition) is 4. The maximum atomic E-state index is 12.5. The van der Waals surface area contributed by atoms with E-state index in [4.69, 9.17) is 4.74 Å². The SMILES string of the molecule is Cc1cccc(S(=O)(=O)N[C@@H]2C[C@@H](O)C23CCOCC3)c1. The summed E-state index contributed by atoms with van der Waals surface area (Å²) < 4.78 is 33.1. The van der Waals surface area contributed by atoms with Crippen molar-refractivity contribution in [3.05, 3.63) is 29.8 Å². The average Bonchev–Trinajstić information content (AvgIpc) is 2.48. The first kappa shape index (κ1) is 15.0. The summed E-state index contributed by atoms with van der Waals surface area (Å²) in [5, 5.41) is 10.1. The van der Waals surface area contributed by atoms with Crippen LogP contribution in [0.3, 0.4) is 0 Å². The van der Waals surface area contributed by atoms with Gasteiger partial charge in [-0.15, -0.1) is 0 Å². The van der Waals surface area contributed by atoms with Crippen LogP contribution in [0.2, 0.25) is 0 Å². The summed E-state index contributed by atoms with van der Waals surface area (Å²) >= 11 is 0. The highest BCUT2D eigenvalue weighted by atomic mass is 32.2. The van der Waals surface area contributed by atoms with E-state index >= 15 is 0 Å². The van der Waals surface area contributed by atoms with Crippen LogP contribution >= 0.6 is 0 Å². The standard InChI is InChI=1S/C15H21NO4S/c1-11-3-2-4-12(9-11)21(18,19)16-13-10-14(17)15(13)5-7-20-8-6-15/h2-4,9,13-14,16-17H,5-8,10H2,1H3/t13-,14-/m1/s1. The van der Waals surface area contributed by atoms with Gasteiger partial charge in [0.25, 0.3) is 0 Å². The summed E-state index contributed by atoms with van der Waals surface area (Å²) in [6.45, 7) is 3.03. The van der Waals surface area contributed by atoms with Gasteiger partial charge in [0.05, 0.1) is 11.0 Å². The molecule has 5 nitrogen and oxygen atoms in total. The Kier molecular flexibility index (Phi) is 3.81. The quantitative estimate of drug-likeness (QED) is 0.879. The van der Waals surface area contributed by atoms with Gasteiger partial charge in [-0.25, -0.2) is 13.1 Å². The van der Waals surface area contributed by atoms with Crippen LogP contribution in [0.5, 0.6) is 0 Å². The van der Waals surface area contributed by atoms with Crippen molar-refractivity contribution >= 4 is 10.0 Å². The fraction of sp³-hybridized carbons (Fsp3) is 0.600. The second kappa shape index (κ2) is 5.35. The molecule has 1 spiro atoms. The van der Waals surface area contributed by atoms with Gasteiger partial charge in [-0.05, 0) is 43.9 Å². The van der Waals surface area contributed by atoms with Crippen molar-refractivity contribution in [3.8, 4) is 0 Å². The Hall–Kier alpha value is -0.950. The zero-order valence-electron chi connectivity index (χ0n) is 12.1. The molecule has 1 aromatic rings. The summed E-state index contributed by atoms with van der Waals surface area (Å²) in [6, 6.07) is 6.66. The van der Waals surface area contributed by atoms with Crippen molar-refractivity contribution < 1.29 is 18.3 Å². The number of nitrogens with one attached hydrogen (secondary N) is 1. The van der Waals surface area contributed by atoms with Gasteiger partial charge < -0.3 is 9.84 Å². The normalized spacial score (nSPS) is 28.3. The second-order valence-electron chi connectivity index (χ2n) is 6.09. The van der Waals surface area contributed by atoms with Crippen LogP contribution in [-0.4, -0.2) is 38.9 Å². The third-order valence-electron chi connectivity index (χ3n) is 4.84. The number of aliphatic hydroxyl groups is 1. The molecule has 3 rings (SSSR count). The molecule has 2 N–H and O–H groups in total. The van der Waals surface area contributed by atoms with Crippen LogP contribution in [0.15, 0.2) is 29.2 Å². The van der Waals surface area contributed by atoms with Gasteiger partial charge in [-0.1, -0.05) is 12.1 Å². The van der Waals surface area contributed by atoms with Crippen molar-refractivity contribution in [3.63, 3.8) is 0 Å². The number of aliphatic hydroxyl groups excluding tert-OH is 1. The zero-order valence-corrected chi connectivity index (χ0v) is 12.9. The molecule has 0 amide bonds. The Morgan fingerprint density at radius 1 is 1.33 bits per heavy atom. The van der Waals surface area contributed by atoms with E-state index in [-0.39, 0.29) is 16.4 Å². The summed E-state index contributed by atoms with van der Waals surface area (Å²) in [5.41, 5.74) is 0.557. The van der Waals surface area contributed by atoms with E-state index in [0.29, 0.717) is 32.5 Å². The van der Waals surface area contributed by atoms with Crippen molar-refractivity contribution in [2.75, 3.05) is 13.2 Å². The maximum absolute atomic E-state index is 12.5. The van der Waals surface area contributed by atoms with Gasteiger partial charge in [0.15, 0.2) is 0 Å². The van der Waals surface area contributed by atoms with Gasteiger partial charge >= 0.3 is 0 Å². The summed E-state index contributed by atoms with van der Waals surface area (Å²) in [4.78, 5) is 0.283. The highest BCUT2D eigenvalue weighted by Crippen LogP contribution is 2.49. The molecule has 6 heteroatoms. The predicted molar refractivity (Wildman–Crippen MR) is 78.4 cm³/mol. The first-order valence-corrected chi connectivity index (χ1v) is 8.77. The molecule has 0 bridgehead atoms. The van der Waals surface area contributed by atoms with E-state index in [1.807, 2.05) is 13.0 Å². The lowest BCUT2D eigenvalue weighted by molar-refractivity contribution is -0.143. The van der Waals surface area contributed by atoms with Crippen LogP contribution in [0.25, 0.3) is 0 Å². The second-order valence-corrected chi connectivity index (χ2v) is 7.80. The van der Waals surface area contributed by atoms with Gasteiger partial charge in [0.1, 0.15) is 0 Å². The highest BCUT2D eigenvalue weighted by molar-refractivity contribution is 7.89. The van der Waals surface area contributed by atoms with Crippen LogP contribution in [-0.2, 0) is 14.8 Å². The van der Waals surface area contributed by atoms with E-state index in [9.17, 15) is 13.5 Å². The number of aryl methyl sites for hydroxylation is 1. The molecule has 1 heterocycles. The number of sulfonamides is 1. The molecule has 1 saturated carbocycles. The summed E-state index contributed by atoms with van der Waals surface area (Å²) in [6.07, 6.45) is 1.45. The molecule has 1 saturated heterocycles. The Morgan fingerprint density at radius 3 is 2.67 bits per heavy atom. The largest absolute Gasteiger partial charge is 0.392 e. The number of hydrogen-bond donors (Lipinski definition) is 2. The zero-order chi connectivity index (χ0) is 15.1. The molecular weight excluding hydrogens is 290 g/mol. The average molecular weight is 311 g/mol. The Balaban J connectivity index is 1.80. The molecular formula is C15H21NO4S. The van der Waals surface area contributed by atoms with Gasteiger partial charge in [0.2, 0.25) is 10.0 Å². The van der Waals surface area contributed by atoms with Gasteiger partial charge in [0, 0.05) is 24.7 Å². The predicted octanol–water partition coefficient (Wildman–Crippen LogP) is 1.20. The summed E-state index contributed by atoms with van der Waals surface area (Å²) in [5.74, 6) is 0. The molecule has 21 heavy (non-hydrogen) atoms. The monoisotopic (exact) mass is 311 g/mol. The molecule has 2 atom stereocenters. The molecule has 116 valence electrons. The maximum Gasteiger partial charge on any atom is 0.240 e. The van der Waals surface area contributed by atoms with Crippen LogP contribution < -0.4 is 4.72 Å². The van der Waals surface area contributed by atoms with E-state index in [2.05, 4.69) is 4.72 Å². The smallest absolute Gasteiger partial charge is 0.240 e. The van der Waals surface area contributed by atoms with Crippen LogP contribution in [0.4, 0.5) is 0 Å². The molecule has 2 aliphatic rings. The van der Waals surface area contributed by atoms with E-state index in [1.165, 1.54) is 0 Å². The van der Waals surface area contributed by atoms with Crippen molar-refractivity contribution in [1.82, 2.24) is 4.72 Å². The Bertz CT molecular complexity index is 622. The first-order valence-electron chi connectivity index (χ1n) is 7.29. The fourth-order valence-corrected chi connectivity index (χ4v) is 4.84. The third-order valence-corrected chi connectivity index (χ3v) is 6.31. The minimum Gasteiger partial charge on any atom is -0.392 e. The summed E-state index contributed by atoms with van der Waals surface area (Å²) in [7, 11) is -3.54. The number of ether oxygens (including phenoxy) is 1. The lowest BCUT2D eigenvalue weighted by Crippen LogP contribution is -2.65. The molecule has 2 fully saturated rings. The number of rotatable bonds is 3. The fourth-order valence-electron chi connectivity index (χ4n) is 3.40. The van der Waals surface area contributed by atoms with E-state index in [0.717, 1.165) is 5.56 Å². The molecule has 0 unspecified atom stereocenters. The topological polar surface area (TPSA) is 75.6 Å². The van der Waals surface area contributed by atoms with Crippen molar-refractivity contribution in [1.29, 1.82) is 0 Å². The van der Waals surface area contributed by atoms with Crippen molar-refractivity contribution in [2.24, 2.45) is 5.41 Å². The minimum absolute atomic E-state index is 0.207. The first-order chi connectivity index (χ1) is 9.94. The lowest BCUT2D eigenvalue weighted by atomic mass is 9.58. The molecule has 1 aliphatic heterocycles. The molecule has 1 aromatic carbocycles.